The molecule has 5 nitrogen and oxygen atoms in total. The lowest BCUT2D eigenvalue weighted by Crippen LogP contribution is -2.47. The molecule has 0 aromatic heterocycles. The van der Waals surface area contributed by atoms with E-state index in [-0.39, 0.29) is 17.9 Å². The summed E-state index contributed by atoms with van der Waals surface area (Å²) in [5.41, 5.74) is 1.26. The van der Waals surface area contributed by atoms with Gasteiger partial charge in [0.15, 0.2) is 0 Å². The number of hydrogen-bond acceptors (Lipinski definition) is 3. The van der Waals surface area contributed by atoms with Crippen molar-refractivity contribution in [1.29, 1.82) is 0 Å². The van der Waals surface area contributed by atoms with Crippen LogP contribution in [0.1, 0.15) is 55.8 Å². The van der Waals surface area contributed by atoms with Gasteiger partial charge in [0.25, 0.3) is 5.91 Å². The zero-order valence-electron chi connectivity index (χ0n) is 14.4. The Morgan fingerprint density at radius 1 is 1.08 bits per heavy atom. The SMILES string of the molecule is CC(=O)Nc1cccc(C(=O)NC2CCN(C3CCCC3)CC2)c1. The van der Waals surface area contributed by atoms with Gasteiger partial charge >= 0.3 is 0 Å². The molecule has 1 heterocycles. The molecule has 0 spiro atoms. The average molecular weight is 329 g/mol. The molecule has 2 fully saturated rings. The van der Waals surface area contributed by atoms with Gasteiger partial charge in [-0.1, -0.05) is 18.9 Å². The van der Waals surface area contributed by atoms with Crippen LogP contribution in [0.3, 0.4) is 0 Å². The summed E-state index contributed by atoms with van der Waals surface area (Å²) in [5.74, 6) is -0.187. The first-order chi connectivity index (χ1) is 11.6. The van der Waals surface area contributed by atoms with Crippen molar-refractivity contribution in [3.8, 4) is 0 Å². The summed E-state index contributed by atoms with van der Waals surface area (Å²) in [7, 11) is 0. The van der Waals surface area contributed by atoms with Gasteiger partial charge in [0.1, 0.15) is 0 Å². The highest BCUT2D eigenvalue weighted by molar-refractivity contribution is 5.96. The first-order valence-electron chi connectivity index (χ1n) is 9.04. The highest BCUT2D eigenvalue weighted by Crippen LogP contribution is 2.26. The van der Waals surface area contributed by atoms with Gasteiger partial charge in [-0.25, -0.2) is 0 Å². The van der Waals surface area contributed by atoms with Crippen LogP contribution in [0.25, 0.3) is 0 Å². The fraction of sp³-hybridized carbons (Fsp3) is 0.579. The fourth-order valence-electron chi connectivity index (χ4n) is 3.89. The monoisotopic (exact) mass is 329 g/mol. The van der Waals surface area contributed by atoms with Crippen LogP contribution < -0.4 is 10.6 Å². The molecule has 3 rings (SSSR count). The number of carbonyl (C=O) groups excluding carboxylic acids is 2. The van der Waals surface area contributed by atoms with Gasteiger partial charge in [0, 0.05) is 43.3 Å². The maximum absolute atomic E-state index is 12.5. The summed E-state index contributed by atoms with van der Waals surface area (Å²) in [4.78, 5) is 26.2. The number of anilines is 1. The predicted octanol–water partition coefficient (Wildman–Crippen LogP) is 2.78. The van der Waals surface area contributed by atoms with E-state index in [1.54, 1.807) is 24.3 Å². The number of likely N-dealkylation sites (tertiary alicyclic amines) is 1. The molecule has 1 saturated heterocycles. The van der Waals surface area contributed by atoms with Crippen molar-refractivity contribution in [3.05, 3.63) is 29.8 Å². The third-order valence-corrected chi connectivity index (χ3v) is 5.15. The third kappa shape index (κ3) is 4.35. The van der Waals surface area contributed by atoms with Crippen molar-refractivity contribution >= 4 is 17.5 Å². The van der Waals surface area contributed by atoms with E-state index in [1.165, 1.54) is 32.6 Å². The van der Waals surface area contributed by atoms with Crippen molar-refractivity contribution in [1.82, 2.24) is 10.2 Å². The van der Waals surface area contributed by atoms with Crippen molar-refractivity contribution in [2.45, 2.75) is 57.5 Å². The van der Waals surface area contributed by atoms with Crippen LogP contribution in [0, 0.1) is 0 Å². The molecule has 1 aliphatic carbocycles. The Morgan fingerprint density at radius 2 is 1.79 bits per heavy atom. The number of benzene rings is 1. The highest BCUT2D eigenvalue weighted by Gasteiger charge is 2.27. The molecule has 0 atom stereocenters. The minimum absolute atomic E-state index is 0.0541. The summed E-state index contributed by atoms with van der Waals surface area (Å²) in [5, 5.41) is 5.86. The van der Waals surface area contributed by atoms with Gasteiger partial charge in [0.05, 0.1) is 0 Å². The topological polar surface area (TPSA) is 61.4 Å². The number of amides is 2. The summed E-state index contributed by atoms with van der Waals surface area (Å²) in [6, 6.07) is 8.12. The van der Waals surface area contributed by atoms with Crippen LogP contribution in [-0.2, 0) is 4.79 Å². The molecule has 2 amide bonds. The third-order valence-electron chi connectivity index (χ3n) is 5.15. The number of nitrogens with zero attached hydrogens (tertiary/aromatic N) is 1. The molecule has 0 radical (unpaired) electrons. The Hall–Kier alpha value is -1.88. The van der Waals surface area contributed by atoms with E-state index in [0.29, 0.717) is 11.3 Å². The lowest BCUT2D eigenvalue weighted by Gasteiger charge is -2.36. The van der Waals surface area contributed by atoms with Crippen LogP contribution in [0.2, 0.25) is 0 Å². The van der Waals surface area contributed by atoms with E-state index in [1.807, 2.05) is 0 Å². The molecule has 5 heteroatoms. The van der Waals surface area contributed by atoms with Crippen LogP contribution in [0.15, 0.2) is 24.3 Å². The second-order valence-electron chi connectivity index (χ2n) is 6.98. The number of piperidine rings is 1. The average Bonchev–Trinajstić information content (AvgIpc) is 3.09. The van der Waals surface area contributed by atoms with Crippen molar-refractivity contribution < 1.29 is 9.59 Å². The molecule has 0 unspecified atom stereocenters. The van der Waals surface area contributed by atoms with Gasteiger partial charge in [-0.05, 0) is 43.9 Å². The van der Waals surface area contributed by atoms with Crippen LogP contribution in [0.4, 0.5) is 5.69 Å². The Bertz CT molecular complexity index is 588. The number of carbonyl (C=O) groups is 2. The molecular weight excluding hydrogens is 302 g/mol. The highest BCUT2D eigenvalue weighted by atomic mass is 16.2. The van der Waals surface area contributed by atoms with Crippen LogP contribution in [-0.4, -0.2) is 41.9 Å². The van der Waals surface area contributed by atoms with E-state index >= 15 is 0 Å². The second kappa shape index (κ2) is 7.79. The first kappa shape index (κ1) is 17.0. The van der Waals surface area contributed by atoms with E-state index < -0.39 is 0 Å². The van der Waals surface area contributed by atoms with Crippen LogP contribution >= 0.6 is 0 Å². The van der Waals surface area contributed by atoms with Gasteiger partial charge in [-0.2, -0.15) is 0 Å². The zero-order chi connectivity index (χ0) is 16.9. The van der Waals surface area contributed by atoms with Crippen molar-refractivity contribution in [2.24, 2.45) is 0 Å². The number of hydrogen-bond donors (Lipinski definition) is 2. The van der Waals surface area contributed by atoms with Gasteiger partial charge in [0.2, 0.25) is 5.91 Å². The van der Waals surface area contributed by atoms with Gasteiger partial charge in [-0.3, -0.25) is 9.59 Å². The number of nitrogens with one attached hydrogen (secondary N) is 2. The molecule has 1 aliphatic heterocycles. The van der Waals surface area contributed by atoms with E-state index in [0.717, 1.165) is 32.0 Å². The predicted molar refractivity (Wildman–Crippen MR) is 95.1 cm³/mol. The molecule has 130 valence electrons. The zero-order valence-corrected chi connectivity index (χ0v) is 14.4. The fourth-order valence-corrected chi connectivity index (χ4v) is 3.89. The normalized spacial score (nSPS) is 20.0. The molecule has 1 saturated carbocycles. The lowest BCUT2D eigenvalue weighted by molar-refractivity contribution is -0.114. The Balaban J connectivity index is 1.51. The van der Waals surface area contributed by atoms with E-state index in [9.17, 15) is 9.59 Å². The van der Waals surface area contributed by atoms with E-state index in [4.69, 9.17) is 0 Å². The number of rotatable bonds is 4. The Morgan fingerprint density at radius 3 is 2.46 bits per heavy atom. The summed E-state index contributed by atoms with van der Waals surface area (Å²) < 4.78 is 0. The molecule has 24 heavy (non-hydrogen) atoms. The Kier molecular flexibility index (Phi) is 5.51. The summed E-state index contributed by atoms with van der Waals surface area (Å²) >= 11 is 0. The van der Waals surface area contributed by atoms with Gasteiger partial charge in [-0.15, -0.1) is 0 Å². The van der Waals surface area contributed by atoms with Crippen molar-refractivity contribution in [3.63, 3.8) is 0 Å². The molecule has 2 N–H and O–H groups in total. The summed E-state index contributed by atoms with van der Waals surface area (Å²) in [6.07, 6.45) is 7.46. The molecule has 2 aliphatic rings. The van der Waals surface area contributed by atoms with Crippen LogP contribution in [0.5, 0.6) is 0 Å². The van der Waals surface area contributed by atoms with Crippen molar-refractivity contribution in [2.75, 3.05) is 18.4 Å². The first-order valence-corrected chi connectivity index (χ1v) is 9.04. The molecule has 0 bridgehead atoms. The standard InChI is InChI=1S/C19H27N3O2/c1-14(23)20-17-6-4-5-15(13-17)19(24)21-16-9-11-22(12-10-16)18-7-2-3-8-18/h4-6,13,16,18H,2-3,7-12H2,1H3,(H,20,23)(H,21,24). The largest absolute Gasteiger partial charge is 0.349 e. The maximum Gasteiger partial charge on any atom is 0.251 e. The minimum Gasteiger partial charge on any atom is -0.349 e. The molecular formula is C19H27N3O2. The van der Waals surface area contributed by atoms with Gasteiger partial charge < -0.3 is 15.5 Å². The Labute approximate surface area is 143 Å². The smallest absolute Gasteiger partial charge is 0.251 e. The lowest BCUT2D eigenvalue weighted by atomic mass is 10.0. The summed E-state index contributed by atoms with van der Waals surface area (Å²) in [6.45, 7) is 3.63. The molecule has 1 aromatic rings. The van der Waals surface area contributed by atoms with E-state index in [2.05, 4.69) is 15.5 Å². The maximum atomic E-state index is 12.5. The second-order valence-corrected chi connectivity index (χ2v) is 6.98. The quantitative estimate of drug-likeness (QED) is 0.893. The minimum atomic E-state index is -0.133. The molecule has 1 aromatic carbocycles.